The van der Waals surface area contributed by atoms with Crippen LogP contribution in [0.1, 0.15) is 5.56 Å². The maximum Gasteiger partial charge on any atom is 0.243 e. The molecule has 4 nitrogen and oxygen atoms in total. The van der Waals surface area contributed by atoms with Crippen LogP contribution in [0.5, 0.6) is 5.88 Å². The molecule has 4 heteroatoms. The average molecular weight is 275 g/mol. The van der Waals surface area contributed by atoms with Gasteiger partial charge >= 0.3 is 0 Å². The molecular weight excluding hydrogens is 262 g/mol. The zero-order valence-electron chi connectivity index (χ0n) is 11.3. The van der Waals surface area contributed by atoms with Crippen molar-refractivity contribution in [3.63, 3.8) is 0 Å². The summed E-state index contributed by atoms with van der Waals surface area (Å²) in [5.41, 5.74) is 1.86. The van der Waals surface area contributed by atoms with E-state index in [0.29, 0.717) is 12.5 Å². The van der Waals surface area contributed by atoms with Crippen molar-refractivity contribution in [1.82, 2.24) is 15.2 Å². The van der Waals surface area contributed by atoms with Crippen molar-refractivity contribution in [3.8, 4) is 5.88 Å². The predicted octanol–water partition coefficient (Wildman–Crippen LogP) is 3.69. The Morgan fingerprint density at radius 2 is 1.76 bits per heavy atom. The van der Waals surface area contributed by atoms with Gasteiger partial charge in [0, 0.05) is 11.6 Å². The van der Waals surface area contributed by atoms with Crippen LogP contribution >= 0.6 is 0 Å². The smallest absolute Gasteiger partial charge is 0.243 e. The number of ether oxygens (including phenoxy) is 1. The zero-order valence-corrected chi connectivity index (χ0v) is 11.3. The number of rotatable bonds is 3. The quantitative estimate of drug-likeness (QED) is 0.620. The predicted molar refractivity (Wildman–Crippen MR) is 82.2 cm³/mol. The first-order valence-corrected chi connectivity index (χ1v) is 6.80. The number of aromatic amines is 1. The first kappa shape index (κ1) is 11.9. The first-order valence-electron chi connectivity index (χ1n) is 6.80. The molecule has 21 heavy (non-hydrogen) atoms. The summed E-state index contributed by atoms with van der Waals surface area (Å²) in [6.07, 6.45) is 1.84. The van der Waals surface area contributed by atoms with Gasteiger partial charge < -0.3 is 4.74 Å². The van der Waals surface area contributed by atoms with Crippen molar-refractivity contribution in [2.75, 3.05) is 0 Å². The van der Waals surface area contributed by atoms with Crippen LogP contribution in [-0.2, 0) is 6.61 Å². The topological polar surface area (TPSA) is 50.8 Å². The lowest BCUT2D eigenvalue weighted by Gasteiger charge is -2.04. The molecule has 2 aromatic carbocycles. The first-order chi connectivity index (χ1) is 10.4. The van der Waals surface area contributed by atoms with Crippen molar-refractivity contribution < 1.29 is 4.74 Å². The van der Waals surface area contributed by atoms with Gasteiger partial charge in [0.25, 0.3) is 0 Å². The van der Waals surface area contributed by atoms with Crippen LogP contribution in [0.15, 0.2) is 60.8 Å². The second kappa shape index (κ2) is 4.90. The van der Waals surface area contributed by atoms with Crippen molar-refractivity contribution in [2.24, 2.45) is 0 Å². The number of H-pyrrole nitrogens is 1. The van der Waals surface area contributed by atoms with Gasteiger partial charge in [-0.15, -0.1) is 5.10 Å². The molecule has 0 unspecified atom stereocenters. The molecule has 0 saturated carbocycles. The Morgan fingerprint density at radius 1 is 0.952 bits per heavy atom. The number of fused-ring (bicyclic) bond motifs is 3. The molecular formula is C17H13N3O. The van der Waals surface area contributed by atoms with Crippen LogP contribution in [0.4, 0.5) is 0 Å². The Kier molecular flexibility index (Phi) is 2.78. The lowest BCUT2D eigenvalue weighted by Crippen LogP contribution is -1.95. The highest BCUT2D eigenvalue weighted by atomic mass is 16.5. The summed E-state index contributed by atoms with van der Waals surface area (Å²) < 4.78 is 5.87. The van der Waals surface area contributed by atoms with Gasteiger partial charge in [0.1, 0.15) is 6.61 Å². The molecule has 2 heterocycles. The third-order valence-corrected chi connectivity index (χ3v) is 3.50. The van der Waals surface area contributed by atoms with E-state index in [-0.39, 0.29) is 0 Å². The van der Waals surface area contributed by atoms with E-state index in [2.05, 4.69) is 21.2 Å². The van der Waals surface area contributed by atoms with Crippen LogP contribution in [-0.4, -0.2) is 15.2 Å². The van der Waals surface area contributed by atoms with Crippen LogP contribution in [0.2, 0.25) is 0 Å². The summed E-state index contributed by atoms with van der Waals surface area (Å²) in [5, 5.41) is 10.3. The van der Waals surface area contributed by atoms with Crippen molar-refractivity contribution in [1.29, 1.82) is 0 Å². The third-order valence-electron chi connectivity index (χ3n) is 3.50. The van der Waals surface area contributed by atoms with E-state index in [0.717, 1.165) is 27.4 Å². The molecule has 1 N–H and O–H groups in total. The molecule has 4 rings (SSSR count). The number of pyridine rings is 1. The van der Waals surface area contributed by atoms with E-state index in [4.69, 9.17) is 4.74 Å². The molecule has 0 fully saturated rings. The summed E-state index contributed by atoms with van der Waals surface area (Å²) in [6, 6.07) is 18.2. The van der Waals surface area contributed by atoms with E-state index in [1.165, 1.54) is 0 Å². The number of nitrogens with one attached hydrogen (secondary N) is 1. The highest BCUT2D eigenvalue weighted by Gasteiger charge is 2.11. The van der Waals surface area contributed by atoms with E-state index in [1.54, 1.807) is 0 Å². The van der Waals surface area contributed by atoms with Crippen molar-refractivity contribution in [2.45, 2.75) is 6.61 Å². The summed E-state index contributed by atoms with van der Waals surface area (Å²) in [6.45, 7) is 0.490. The minimum Gasteiger partial charge on any atom is -0.471 e. The molecule has 0 bridgehead atoms. The average Bonchev–Trinajstić information content (AvgIpc) is 2.97. The molecule has 102 valence electrons. The van der Waals surface area contributed by atoms with E-state index in [1.807, 2.05) is 54.7 Å². The van der Waals surface area contributed by atoms with Gasteiger partial charge in [-0.1, -0.05) is 54.6 Å². The van der Waals surface area contributed by atoms with Gasteiger partial charge in [0.05, 0.1) is 5.39 Å². The Hall–Kier alpha value is -2.88. The minimum absolute atomic E-state index is 0.490. The second-order valence-electron chi connectivity index (χ2n) is 4.87. The van der Waals surface area contributed by atoms with E-state index >= 15 is 0 Å². The molecule has 0 radical (unpaired) electrons. The zero-order chi connectivity index (χ0) is 14.1. The molecule has 0 atom stereocenters. The molecule has 0 aliphatic carbocycles. The fourth-order valence-electron chi connectivity index (χ4n) is 2.45. The number of aromatic nitrogens is 3. The van der Waals surface area contributed by atoms with Gasteiger partial charge in [0.2, 0.25) is 5.88 Å². The lowest BCUT2D eigenvalue weighted by molar-refractivity contribution is 0.297. The number of hydrogen-bond acceptors (Lipinski definition) is 3. The van der Waals surface area contributed by atoms with Gasteiger partial charge in [0.15, 0.2) is 5.65 Å². The van der Waals surface area contributed by atoms with Crippen molar-refractivity contribution in [3.05, 3.63) is 66.4 Å². The molecule has 0 saturated heterocycles. The largest absolute Gasteiger partial charge is 0.471 e. The van der Waals surface area contributed by atoms with Gasteiger partial charge in [-0.3, -0.25) is 5.10 Å². The molecule has 0 spiro atoms. The fraction of sp³-hybridized carbons (Fsp3) is 0.0588. The summed E-state index contributed by atoms with van der Waals surface area (Å²) in [7, 11) is 0. The fourth-order valence-corrected chi connectivity index (χ4v) is 2.45. The Labute approximate surface area is 121 Å². The summed E-state index contributed by atoms with van der Waals surface area (Å²) in [5.74, 6) is 0.596. The Bertz CT molecular complexity index is 900. The van der Waals surface area contributed by atoms with E-state index in [9.17, 15) is 0 Å². The van der Waals surface area contributed by atoms with Crippen LogP contribution in [0.3, 0.4) is 0 Å². The molecule has 0 aliphatic heterocycles. The number of hydrogen-bond donors (Lipinski definition) is 1. The van der Waals surface area contributed by atoms with Crippen molar-refractivity contribution >= 4 is 21.8 Å². The molecule has 0 amide bonds. The Morgan fingerprint density at radius 3 is 2.67 bits per heavy atom. The summed E-state index contributed by atoms with van der Waals surface area (Å²) in [4.78, 5) is 4.39. The van der Waals surface area contributed by atoms with Crippen LogP contribution in [0, 0.1) is 0 Å². The minimum atomic E-state index is 0.490. The SMILES string of the molecule is c1ccc(COc2n[nH]c3ncc4ccccc4c23)cc1. The van der Waals surface area contributed by atoms with Crippen LogP contribution in [0.25, 0.3) is 21.8 Å². The maximum atomic E-state index is 5.87. The third kappa shape index (κ3) is 2.10. The van der Waals surface area contributed by atoms with Gasteiger partial charge in [-0.25, -0.2) is 4.98 Å². The summed E-state index contributed by atoms with van der Waals surface area (Å²) >= 11 is 0. The monoisotopic (exact) mass is 275 g/mol. The number of benzene rings is 2. The standard InChI is InChI=1S/C17H13N3O/c1-2-6-12(7-3-1)11-21-17-15-14-9-5-4-8-13(14)10-18-16(15)19-20-17/h1-10H,11H2,(H,18,19,20). The highest BCUT2D eigenvalue weighted by Crippen LogP contribution is 2.29. The highest BCUT2D eigenvalue weighted by molar-refractivity contribution is 6.06. The number of nitrogens with zero attached hydrogens (tertiary/aromatic N) is 2. The second-order valence-corrected chi connectivity index (χ2v) is 4.87. The molecule has 4 aromatic rings. The van der Waals surface area contributed by atoms with Crippen LogP contribution < -0.4 is 4.74 Å². The normalized spacial score (nSPS) is 11.0. The molecule has 0 aliphatic rings. The molecule has 2 aromatic heterocycles. The van der Waals surface area contributed by atoms with Gasteiger partial charge in [-0.2, -0.15) is 0 Å². The van der Waals surface area contributed by atoms with Gasteiger partial charge in [-0.05, 0) is 10.9 Å². The lowest BCUT2D eigenvalue weighted by atomic mass is 10.1. The van der Waals surface area contributed by atoms with E-state index < -0.39 is 0 Å². The maximum absolute atomic E-state index is 5.87. The Balaban J connectivity index is 1.77.